The Labute approximate surface area is 195 Å². The number of methoxy groups -OCH3 is 2. The van der Waals surface area contributed by atoms with Crippen molar-refractivity contribution in [1.82, 2.24) is 10.2 Å². The van der Waals surface area contributed by atoms with Crippen LogP contribution in [0.5, 0.6) is 11.5 Å². The lowest BCUT2D eigenvalue weighted by molar-refractivity contribution is -0.139. The standard InChI is InChI=1S/C23H31N3O6S/c1-16-8-7-9-18(12-16)14-25(17(2)23(28)24-3)22(27)15-26(33(6,29)30)20-11-10-19(31-4)13-21(20)32-5/h7-13,17H,14-15H2,1-6H3,(H,24,28)/t17-/m1/s1. The van der Waals surface area contributed by atoms with Crippen molar-refractivity contribution in [2.24, 2.45) is 0 Å². The Morgan fingerprint density at radius 1 is 1.09 bits per heavy atom. The SMILES string of the molecule is CNC(=O)[C@@H](C)N(Cc1cccc(C)c1)C(=O)CN(c1ccc(OC)cc1OC)S(C)(=O)=O. The van der Waals surface area contributed by atoms with E-state index in [0.29, 0.717) is 5.75 Å². The summed E-state index contributed by atoms with van der Waals surface area (Å²) < 4.78 is 36.8. The molecule has 0 spiro atoms. The van der Waals surface area contributed by atoms with E-state index in [1.165, 1.54) is 38.3 Å². The number of hydrogen-bond donors (Lipinski definition) is 1. The Hall–Kier alpha value is -3.27. The van der Waals surface area contributed by atoms with E-state index in [4.69, 9.17) is 9.47 Å². The minimum Gasteiger partial charge on any atom is -0.497 e. The molecule has 0 saturated carbocycles. The first-order valence-electron chi connectivity index (χ1n) is 10.3. The number of carbonyl (C=O) groups is 2. The van der Waals surface area contributed by atoms with Crippen LogP contribution in [0.25, 0.3) is 0 Å². The van der Waals surface area contributed by atoms with Crippen molar-refractivity contribution in [1.29, 1.82) is 0 Å². The molecule has 0 heterocycles. The molecule has 0 fully saturated rings. The van der Waals surface area contributed by atoms with Crippen LogP contribution < -0.4 is 19.1 Å². The quantitative estimate of drug-likeness (QED) is 0.561. The number of hydrogen-bond acceptors (Lipinski definition) is 6. The maximum Gasteiger partial charge on any atom is 0.244 e. The van der Waals surface area contributed by atoms with Crippen LogP contribution in [0.2, 0.25) is 0 Å². The Balaban J connectivity index is 2.45. The van der Waals surface area contributed by atoms with E-state index in [9.17, 15) is 18.0 Å². The van der Waals surface area contributed by atoms with Crippen molar-refractivity contribution in [3.05, 3.63) is 53.6 Å². The lowest BCUT2D eigenvalue weighted by atomic mass is 10.1. The van der Waals surface area contributed by atoms with E-state index in [2.05, 4.69) is 5.32 Å². The van der Waals surface area contributed by atoms with Crippen molar-refractivity contribution in [3.8, 4) is 11.5 Å². The van der Waals surface area contributed by atoms with Crippen molar-refractivity contribution < 1.29 is 27.5 Å². The summed E-state index contributed by atoms with van der Waals surface area (Å²) in [6, 6.07) is 11.4. The first kappa shape index (κ1) is 26.0. The Bertz CT molecular complexity index is 1100. The summed E-state index contributed by atoms with van der Waals surface area (Å²) in [4.78, 5) is 27.2. The minimum atomic E-state index is -3.87. The van der Waals surface area contributed by atoms with Gasteiger partial charge in [0.2, 0.25) is 21.8 Å². The van der Waals surface area contributed by atoms with Crippen LogP contribution in [0.15, 0.2) is 42.5 Å². The summed E-state index contributed by atoms with van der Waals surface area (Å²) in [5.74, 6) is -0.179. The second-order valence-electron chi connectivity index (χ2n) is 7.61. The molecule has 9 nitrogen and oxygen atoms in total. The van der Waals surface area contributed by atoms with E-state index >= 15 is 0 Å². The number of anilines is 1. The molecule has 2 aromatic rings. The Morgan fingerprint density at radius 3 is 2.33 bits per heavy atom. The number of nitrogens with zero attached hydrogens (tertiary/aromatic N) is 2. The van der Waals surface area contributed by atoms with Crippen molar-refractivity contribution >= 4 is 27.5 Å². The number of likely N-dealkylation sites (N-methyl/N-ethyl adjacent to an activating group) is 1. The molecule has 0 radical (unpaired) electrons. The predicted octanol–water partition coefficient (Wildman–Crippen LogP) is 1.94. The normalized spacial score (nSPS) is 11.9. The highest BCUT2D eigenvalue weighted by molar-refractivity contribution is 7.92. The van der Waals surface area contributed by atoms with E-state index in [1.54, 1.807) is 13.0 Å². The number of sulfonamides is 1. The van der Waals surface area contributed by atoms with Gasteiger partial charge >= 0.3 is 0 Å². The molecule has 0 saturated heterocycles. The molecule has 180 valence electrons. The molecule has 33 heavy (non-hydrogen) atoms. The highest BCUT2D eigenvalue weighted by Crippen LogP contribution is 2.33. The molecule has 0 bridgehead atoms. The molecular weight excluding hydrogens is 446 g/mol. The zero-order valence-corrected chi connectivity index (χ0v) is 20.6. The van der Waals surface area contributed by atoms with Gasteiger partial charge in [0.1, 0.15) is 24.1 Å². The van der Waals surface area contributed by atoms with Crippen molar-refractivity contribution in [2.75, 3.05) is 38.4 Å². The Morgan fingerprint density at radius 2 is 1.79 bits per heavy atom. The van der Waals surface area contributed by atoms with E-state index in [0.717, 1.165) is 21.7 Å². The second-order valence-corrected chi connectivity index (χ2v) is 9.52. The number of aryl methyl sites for hydroxylation is 1. The molecule has 0 aliphatic heterocycles. The molecule has 10 heteroatoms. The number of benzene rings is 2. The monoisotopic (exact) mass is 477 g/mol. The topological polar surface area (TPSA) is 105 Å². The average Bonchev–Trinajstić information content (AvgIpc) is 2.78. The van der Waals surface area contributed by atoms with Crippen molar-refractivity contribution in [3.63, 3.8) is 0 Å². The predicted molar refractivity (Wildman–Crippen MR) is 127 cm³/mol. The fourth-order valence-electron chi connectivity index (χ4n) is 3.38. The van der Waals surface area contributed by atoms with E-state index in [1.807, 2.05) is 31.2 Å². The maximum absolute atomic E-state index is 13.4. The van der Waals surface area contributed by atoms with Gasteiger partial charge in [-0.15, -0.1) is 0 Å². The summed E-state index contributed by atoms with van der Waals surface area (Å²) in [6.45, 7) is 3.17. The third kappa shape index (κ3) is 6.61. The van der Waals surface area contributed by atoms with Gasteiger partial charge in [-0.05, 0) is 31.5 Å². The van der Waals surface area contributed by atoms with E-state index < -0.39 is 28.5 Å². The van der Waals surface area contributed by atoms with Crippen LogP contribution >= 0.6 is 0 Å². The highest BCUT2D eigenvalue weighted by Gasteiger charge is 2.31. The zero-order valence-electron chi connectivity index (χ0n) is 19.8. The summed E-state index contributed by atoms with van der Waals surface area (Å²) in [7, 11) is 0.503. The summed E-state index contributed by atoms with van der Waals surface area (Å²) in [5.41, 5.74) is 2.03. The van der Waals surface area contributed by atoms with E-state index in [-0.39, 0.29) is 23.9 Å². The summed E-state index contributed by atoms with van der Waals surface area (Å²) >= 11 is 0. The van der Waals surface area contributed by atoms with Gasteiger partial charge in [0, 0.05) is 19.7 Å². The van der Waals surface area contributed by atoms with Gasteiger partial charge in [-0.25, -0.2) is 8.42 Å². The molecule has 1 atom stereocenters. The first-order chi connectivity index (χ1) is 15.5. The van der Waals surface area contributed by atoms with Gasteiger partial charge < -0.3 is 19.7 Å². The third-order valence-electron chi connectivity index (χ3n) is 5.18. The maximum atomic E-state index is 13.4. The number of nitrogens with one attached hydrogen (secondary N) is 1. The van der Waals surface area contributed by atoms with Crippen LogP contribution in [0, 0.1) is 6.92 Å². The molecule has 2 amide bonds. The lowest BCUT2D eigenvalue weighted by Crippen LogP contribution is -2.50. The Kier molecular flexibility index (Phi) is 8.69. The van der Waals surface area contributed by atoms with Crippen molar-refractivity contribution in [2.45, 2.75) is 26.4 Å². The molecule has 2 rings (SSSR count). The number of carbonyl (C=O) groups excluding carboxylic acids is 2. The highest BCUT2D eigenvalue weighted by atomic mass is 32.2. The van der Waals surface area contributed by atoms with Gasteiger partial charge in [-0.2, -0.15) is 0 Å². The van der Waals surface area contributed by atoms with Crippen LogP contribution in [0.3, 0.4) is 0 Å². The van der Waals surface area contributed by atoms with Gasteiger partial charge in [0.05, 0.1) is 26.2 Å². The fraction of sp³-hybridized carbons (Fsp3) is 0.391. The minimum absolute atomic E-state index is 0.145. The third-order valence-corrected chi connectivity index (χ3v) is 6.31. The largest absolute Gasteiger partial charge is 0.497 e. The first-order valence-corrected chi connectivity index (χ1v) is 12.1. The van der Waals surface area contributed by atoms with Gasteiger partial charge in [-0.3, -0.25) is 13.9 Å². The molecule has 0 aliphatic carbocycles. The van der Waals surface area contributed by atoms with Crippen LogP contribution in [-0.4, -0.2) is 65.2 Å². The average molecular weight is 478 g/mol. The smallest absolute Gasteiger partial charge is 0.244 e. The van der Waals surface area contributed by atoms with Crippen LogP contribution in [0.1, 0.15) is 18.1 Å². The molecule has 0 unspecified atom stereocenters. The molecule has 1 N–H and O–H groups in total. The second kappa shape index (κ2) is 11.0. The number of rotatable bonds is 10. The number of ether oxygens (including phenoxy) is 2. The van der Waals surface area contributed by atoms with Crippen LogP contribution in [0.4, 0.5) is 5.69 Å². The summed E-state index contributed by atoms with van der Waals surface area (Å²) in [6.07, 6.45) is 1.01. The lowest BCUT2D eigenvalue weighted by Gasteiger charge is -2.31. The zero-order chi connectivity index (χ0) is 24.8. The van der Waals surface area contributed by atoms with Gasteiger partial charge in [0.15, 0.2) is 0 Å². The van der Waals surface area contributed by atoms with Gasteiger partial charge in [0.25, 0.3) is 0 Å². The fourth-order valence-corrected chi connectivity index (χ4v) is 4.24. The molecular formula is C23H31N3O6S. The molecule has 2 aromatic carbocycles. The van der Waals surface area contributed by atoms with Crippen LogP contribution in [-0.2, 0) is 26.2 Å². The molecule has 0 aliphatic rings. The summed E-state index contributed by atoms with van der Waals surface area (Å²) in [5, 5.41) is 2.54. The number of amides is 2. The van der Waals surface area contributed by atoms with Gasteiger partial charge in [-0.1, -0.05) is 29.8 Å². The molecule has 0 aromatic heterocycles.